The number of rotatable bonds is 2. The SMILES string of the molecule is C=C/C=C\C=C/C.CC1OCC(O)CO1. The van der Waals surface area contributed by atoms with Gasteiger partial charge in [-0.3, -0.25) is 0 Å². The molecular formula is C12H20O3. The summed E-state index contributed by atoms with van der Waals surface area (Å²) in [6, 6.07) is 0. The second-order valence-electron chi connectivity index (χ2n) is 3.03. The van der Waals surface area contributed by atoms with Gasteiger partial charge >= 0.3 is 0 Å². The highest BCUT2D eigenvalue weighted by Gasteiger charge is 2.15. The standard InChI is InChI=1S/C7H10.C5H10O3/c1-3-5-7-6-4-2;1-4-7-2-5(6)3-8-4/h3-7H,1H2,2H3;4-6H,2-3H2,1H3/b6-4-,7-5-;. The summed E-state index contributed by atoms with van der Waals surface area (Å²) in [6.45, 7) is 8.11. The van der Waals surface area contributed by atoms with Gasteiger partial charge in [0, 0.05) is 0 Å². The van der Waals surface area contributed by atoms with Gasteiger partial charge in [0.1, 0.15) is 6.10 Å². The molecule has 0 aromatic carbocycles. The molecule has 0 spiro atoms. The molecule has 1 heterocycles. The summed E-state index contributed by atoms with van der Waals surface area (Å²) in [6.07, 6.45) is 8.94. The quantitative estimate of drug-likeness (QED) is 0.712. The van der Waals surface area contributed by atoms with E-state index in [0.29, 0.717) is 13.2 Å². The summed E-state index contributed by atoms with van der Waals surface area (Å²) in [4.78, 5) is 0. The van der Waals surface area contributed by atoms with Gasteiger partial charge in [-0.25, -0.2) is 0 Å². The molecule has 0 saturated carbocycles. The Kier molecular flexibility index (Phi) is 9.07. The molecular weight excluding hydrogens is 192 g/mol. The summed E-state index contributed by atoms with van der Waals surface area (Å²) in [5.74, 6) is 0. The number of aliphatic hydroxyl groups excluding tert-OH is 1. The molecule has 0 aromatic rings. The molecule has 86 valence electrons. The zero-order valence-corrected chi connectivity index (χ0v) is 9.43. The normalized spacial score (nSPS) is 26.3. The van der Waals surface area contributed by atoms with Crippen LogP contribution in [0.15, 0.2) is 37.0 Å². The molecule has 1 rings (SSSR count). The van der Waals surface area contributed by atoms with Crippen LogP contribution in [0.1, 0.15) is 13.8 Å². The lowest BCUT2D eigenvalue weighted by molar-refractivity contribution is -0.207. The molecule has 1 aliphatic heterocycles. The third-order valence-corrected chi connectivity index (χ3v) is 1.60. The van der Waals surface area contributed by atoms with Crippen LogP contribution in [0.25, 0.3) is 0 Å². The van der Waals surface area contributed by atoms with Crippen molar-refractivity contribution in [1.29, 1.82) is 0 Å². The van der Waals surface area contributed by atoms with E-state index in [1.54, 1.807) is 6.08 Å². The number of allylic oxidation sites excluding steroid dienone is 5. The van der Waals surface area contributed by atoms with Gasteiger partial charge in [0.05, 0.1) is 13.2 Å². The fourth-order valence-electron chi connectivity index (χ4n) is 0.843. The van der Waals surface area contributed by atoms with E-state index in [0.717, 1.165) is 0 Å². The van der Waals surface area contributed by atoms with Gasteiger partial charge < -0.3 is 14.6 Å². The molecule has 0 aromatic heterocycles. The van der Waals surface area contributed by atoms with E-state index in [1.165, 1.54) is 0 Å². The minimum Gasteiger partial charge on any atom is -0.388 e. The average molecular weight is 212 g/mol. The zero-order chi connectivity index (χ0) is 11.5. The minimum atomic E-state index is -0.425. The van der Waals surface area contributed by atoms with Crippen molar-refractivity contribution in [3.05, 3.63) is 37.0 Å². The van der Waals surface area contributed by atoms with Gasteiger partial charge in [-0.05, 0) is 13.8 Å². The third kappa shape index (κ3) is 9.41. The molecule has 3 nitrogen and oxygen atoms in total. The van der Waals surface area contributed by atoms with Crippen LogP contribution in [0, 0.1) is 0 Å². The van der Waals surface area contributed by atoms with E-state index in [9.17, 15) is 0 Å². The molecule has 0 aliphatic carbocycles. The lowest BCUT2D eigenvalue weighted by Crippen LogP contribution is -2.33. The van der Waals surface area contributed by atoms with Crippen molar-refractivity contribution in [2.45, 2.75) is 26.2 Å². The number of hydrogen-bond donors (Lipinski definition) is 1. The molecule has 0 radical (unpaired) electrons. The highest BCUT2D eigenvalue weighted by atomic mass is 16.7. The monoisotopic (exact) mass is 212 g/mol. The molecule has 1 N–H and O–H groups in total. The van der Waals surface area contributed by atoms with Crippen LogP contribution < -0.4 is 0 Å². The van der Waals surface area contributed by atoms with Crippen molar-refractivity contribution < 1.29 is 14.6 Å². The lowest BCUT2D eigenvalue weighted by atomic mass is 10.4. The Morgan fingerprint density at radius 1 is 1.20 bits per heavy atom. The van der Waals surface area contributed by atoms with E-state index >= 15 is 0 Å². The first-order valence-corrected chi connectivity index (χ1v) is 5.02. The number of hydrogen-bond acceptors (Lipinski definition) is 3. The molecule has 0 amide bonds. The maximum Gasteiger partial charge on any atom is 0.155 e. The summed E-state index contributed by atoms with van der Waals surface area (Å²) in [5.41, 5.74) is 0. The van der Waals surface area contributed by atoms with E-state index in [-0.39, 0.29) is 6.29 Å². The third-order valence-electron chi connectivity index (χ3n) is 1.60. The molecule has 15 heavy (non-hydrogen) atoms. The van der Waals surface area contributed by atoms with Crippen LogP contribution in [-0.2, 0) is 9.47 Å². The Morgan fingerprint density at radius 3 is 2.20 bits per heavy atom. The van der Waals surface area contributed by atoms with Crippen molar-refractivity contribution in [3.63, 3.8) is 0 Å². The molecule has 3 heteroatoms. The summed E-state index contributed by atoms with van der Waals surface area (Å²) >= 11 is 0. The summed E-state index contributed by atoms with van der Waals surface area (Å²) in [5, 5.41) is 8.78. The maximum atomic E-state index is 8.78. The van der Waals surface area contributed by atoms with Gasteiger partial charge in [0.15, 0.2) is 6.29 Å². The Morgan fingerprint density at radius 2 is 1.80 bits per heavy atom. The molecule has 1 saturated heterocycles. The first kappa shape index (κ1) is 14.1. The Hall–Kier alpha value is -0.900. The number of ether oxygens (including phenoxy) is 2. The highest BCUT2D eigenvalue weighted by molar-refractivity contribution is 5.07. The fourth-order valence-corrected chi connectivity index (χ4v) is 0.843. The van der Waals surface area contributed by atoms with E-state index in [1.807, 2.05) is 38.2 Å². The van der Waals surface area contributed by atoms with Crippen LogP contribution in [-0.4, -0.2) is 30.7 Å². The zero-order valence-electron chi connectivity index (χ0n) is 9.43. The second kappa shape index (κ2) is 9.65. The van der Waals surface area contributed by atoms with Gasteiger partial charge in [-0.15, -0.1) is 0 Å². The Bertz CT molecular complexity index is 191. The van der Waals surface area contributed by atoms with Gasteiger partial charge in [0.25, 0.3) is 0 Å². The molecule has 1 fully saturated rings. The smallest absolute Gasteiger partial charge is 0.155 e. The topological polar surface area (TPSA) is 38.7 Å². The van der Waals surface area contributed by atoms with E-state index in [2.05, 4.69) is 6.58 Å². The second-order valence-corrected chi connectivity index (χ2v) is 3.03. The van der Waals surface area contributed by atoms with Crippen LogP contribution in [0.4, 0.5) is 0 Å². The largest absolute Gasteiger partial charge is 0.388 e. The van der Waals surface area contributed by atoms with Gasteiger partial charge in [-0.1, -0.05) is 37.0 Å². The van der Waals surface area contributed by atoms with Crippen LogP contribution in [0.2, 0.25) is 0 Å². The average Bonchev–Trinajstić information content (AvgIpc) is 2.24. The Balaban J connectivity index is 0.000000265. The minimum absolute atomic E-state index is 0.140. The molecule has 0 bridgehead atoms. The molecule has 0 unspecified atom stereocenters. The van der Waals surface area contributed by atoms with Crippen molar-refractivity contribution in [2.24, 2.45) is 0 Å². The Labute approximate surface area is 91.7 Å². The number of aliphatic hydroxyl groups is 1. The molecule has 0 atom stereocenters. The van der Waals surface area contributed by atoms with Crippen molar-refractivity contribution in [1.82, 2.24) is 0 Å². The van der Waals surface area contributed by atoms with Crippen molar-refractivity contribution >= 4 is 0 Å². The predicted octanol–water partition coefficient (Wildman–Crippen LogP) is 2.04. The summed E-state index contributed by atoms with van der Waals surface area (Å²) in [7, 11) is 0. The van der Waals surface area contributed by atoms with Crippen LogP contribution in [0.5, 0.6) is 0 Å². The van der Waals surface area contributed by atoms with Gasteiger partial charge in [0.2, 0.25) is 0 Å². The van der Waals surface area contributed by atoms with Crippen LogP contribution in [0.3, 0.4) is 0 Å². The summed E-state index contributed by atoms with van der Waals surface area (Å²) < 4.78 is 9.84. The first-order valence-electron chi connectivity index (χ1n) is 5.02. The first-order chi connectivity index (χ1) is 7.20. The van der Waals surface area contributed by atoms with E-state index in [4.69, 9.17) is 14.6 Å². The van der Waals surface area contributed by atoms with Crippen molar-refractivity contribution in [3.8, 4) is 0 Å². The fraction of sp³-hybridized carbons (Fsp3) is 0.500. The van der Waals surface area contributed by atoms with E-state index < -0.39 is 6.10 Å². The maximum absolute atomic E-state index is 8.78. The lowest BCUT2D eigenvalue weighted by Gasteiger charge is -2.23. The predicted molar refractivity (Wildman–Crippen MR) is 61.5 cm³/mol. The molecule has 1 aliphatic rings. The van der Waals surface area contributed by atoms with Gasteiger partial charge in [-0.2, -0.15) is 0 Å². The highest BCUT2D eigenvalue weighted by Crippen LogP contribution is 2.02. The van der Waals surface area contributed by atoms with Crippen molar-refractivity contribution in [2.75, 3.05) is 13.2 Å². The van der Waals surface area contributed by atoms with Crippen LogP contribution >= 0.6 is 0 Å².